The molecule has 1 aromatic carbocycles. The maximum atomic E-state index is 12.7. The van der Waals surface area contributed by atoms with Gasteiger partial charge in [-0.05, 0) is 37.3 Å². The number of hydrogen-bond donors (Lipinski definition) is 6. The van der Waals surface area contributed by atoms with Gasteiger partial charge in [0.1, 0.15) is 17.9 Å². The Bertz CT molecular complexity index is 875. The lowest BCUT2D eigenvalue weighted by molar-refractivity contribution is -0.131. The molecule has 1 aromatic rings. The molecule has 2 amide bonds. The summed E-state index contributed by atoms with van der Waals surface area (Å²) in [7, 11) is -3.75. The van der Waals surface area contributed by atoms with Crippen molar-refractivity contribution in [1.82, 2.24) is 15.4 Å². The Balaban J connectivity index is 2.85. The van der Waals surface area contributed by atoms with Crippen LogP contribution < -0.4 is 21.1 Å². The Morgan fingerprint density at radius 3 is 2.34 bits per heavy atom. The molecule has 0 aliphatic carbocycles. The lowest BCUT2D eigenvalue weighted by Gasteiger charge is -2.24. The Morgan fingerprint density at radius 2 is 1.84 bits per heavy atom. The standard InChI is InChI=1S/C20H33N5O5S2/c1-4-11-32(29,30)25-17(13(2)26)20(28)24-16(9-10-31-3)19(27)23-12-14-5-7-15(8-6-14)18(21)22/h5-8,13,16-17,25-26H,4,9-12H2,1-3H3,(H3,21,22)(H,23,27)(H,24,28)/t13?,16-,17+/m0/s1. The van der Waals surface area contributed by atoms with Crippen molar-refractivity contribution in [3.05, 3.63) is 35.4 Å². The average Bonchev–Trinajstić information content (AvgIpc) is 2.73. The molecule has 12 heteroatoms. The van der Waals surface area contributed by atoms with E-state index in [0.29, 0.717) is 24.2 Å². The van der Waals surface area contributed by atoms with Crippen LogP contribution in [0.25, 0.3) is 0 Å². The molecule has 0 saturated heterocycles. The first-order chi connectivity index (χ1) is 15.0. The molecule has 0 aliphatic rings. The molecule has 0 heterocycles. The summed E-state index contributed by atoms with van der Waals surface area (Å²) in [5.41, 5.74) is 6.78. The normalized spacial score (nSPS) is 14.2. The molecule has 1 unspecified atom stereocenters. The number of nitrogens with one attached hydrogen (secondary N) is 4. The number of nitrogens with two attached hydrogens (primary N) is 1. The number of benzene rings is 1. The maximum Gasteiger partial charge on any atom is 0.242 e. The minimum Gasteiger partial charge on any atom is -0.391 e. The van der Waals surface area contributed by atoms with Gasteiger partial charge < -0.3 is 21.5 Å². The van der Waals surface area contributed by atoms with Crippen molar-refractivity contribution in [2.24, 2.45) is 5.73 Å². The summed E-state index contributed by atoms with van der Waals surface area (Å²) in [6, 6.07) is 4.51. The van der Waals surface area contributed by atoms with Crippen LogP contribution >= 0.6 is 11.8 Å². The number of amides is 2. The summed E-state index contributed by atoms with van der Waals surface area (Å²) in [6.07, 6.45) is 1.27. The van der Waals surface area contributed by atoms with Crippen LogP contribution in [-0.2, 0) is 26.2 Å². The lowest BCUT2D eigenvalue weighted by atomic mass is 10.1. The Morgan fingerprint density at radius 1 is 1.22 bits per heavy atom. The molecule has 0 bridgehead atoms. The highest BCUT2D eigenvalue weighted by molar-refractivity contribution is 7.98. The van der Waals surface area contributed by atoms with E-state index in [2.05, 4.69) is 15.4 Å². The van der Waals surface area contributed by atoms with Gasteiger partial charge >= 0.3 is 0 Å². The highest BCUT2D eigenvalue weighted by Crippen LogP contribution is 2.07. The van der Waals surface area contributed by atoms with E-state index in [1.807, 2.05) is 6.26 Å². The van der Waals surface area contributed by atoms with Gasteiger partial charge in [0.2, 0.25) is 21.8 Å². The number of carbonyl (C=O) groups excluding carboxylic acids is 2. The second-order valence-corrected chi connectivity index (χ2v) is 10.2. The predicted octanol–water partition coefficient (Wildman–Crippen LogP) is -0.0964. The molecule has 0 radical (unpaired) electrons. The van der Waals surface area contributed by atoms with Gasteiger partial charge in [0, 0.05) is 12.1 Å². The first kappa shape index (κ1) is 27.9. The maximum absolute atomic E-state index is 12.7. The van der Waals surface area contributed by atoms with E-state index in [-0.39, 0.29) is 18.1 Å². The predicted molar refractivity (Wildman–Crippen MR) is 127 cm³/mol. The molecule has 0 saturated carbocycles. The summed E-state index contributed by atoms with van der Waals surface area (Å²) in [5, 5.41) is 22.7. The van der Waals surface area contributed by atoms with Crippen LogP contribution in [0, 0.1) is 5.41 Å². The SMILES string of the molecule is CCCS(=O)(=O)N[C@@H](C(=O)N[C@@H](CCSC)C(=O)NCc1ccc(C(=N)N)cc1)C(C)O. The van der Waals surface area contributed by atoms with Crippen molar-refractivity contribution in [1.29, 1.82) is 5.41 Å². The topological polar surface area (TPSA) is 174 Å². The first-order valence-electron chi connectivity index (χ1n) is 10.2. The Kier molecular flexibility index (Phi) is 11.7. The minimum absolute atomic E-state index is 0.0531. The zero-order valence-electron chi connectivity index (χ0n) is 18.6. The zero-order valence-corrected chi connectivity index (χ0v) is 20.2. The van der Waals surface area contributed by atoms with Crippen LogP contribution in [0.5, 0.6) is 0 Å². The van der Waals surface area contributed by atoms with Crippen molar-refractivity contribution in [2.45, 2.75) is 51.4 Å². The van der Waals surface area contributed by atoms with Gasteiger partial charge in [0.05, 0.1) is 11.9 Å². The molecule has 0 aliphatic heterocycles. The largest absolute Gasteiger partial charge is 0.391 e. The van der Waals surface area contributed by atoms with Crippen molar-refractivity contribution < 1.29 is 23.1 Å². The molecule has 7 N–H and O–H groups in total. The molecule has 1 rings (SSSR count). The van der Waals surface area contributed by atoms with Crippen LogP contribution in [0.15, 0.2) is 24.3 Å². The Hall–Kier alpha value is -2.15. The summed E-state index contributed by atoms with van der Waals surface area (Å²) in [5.74, 6) is -0.840. The van der Waals surface area contributed by atoms with Crippen LogP contribution in [0.3, 0.4) is 0 Å². The van der Waals surface area contributed by atoms with Gasteiger partial charge in [-0.2, -0.15) is 11.8 Å². The monoisotopic (exact) mass is 487 g/mol. The quantitative estimate of drug-likeness (QED) is 0.157. The fourth-order valence-electron chi connectivity index (χ4n) is 2.77. The fraction of sp³-hybridized carbons (Fsp3) is 0.550. The summed E-state index contributed by atoms with van der Waals surface area (Å²) in [6.45, 7) is 3.19. The molecule has 10 nitrogen and oxygen atoms in total. The zero-order chi connectivity index (χ0) is 24.3. The van der Waals surface area contributed by atoms with E-state index in [1.54, 1.807) is 31.2 Å². The number of aliphatic hydroxyl groups excluding tert-OH is 1. The number of nitrogen functional groups attached to an aromatic ring is 1. The summed E-state index contributed by atoms with van der Waals surface area (Å²) >= 11 is 1.50. The molecule has 0 spiro atoms. The van der Waals surface area contributed by atoms with E-state index < -0.39 is 40.0 Å². The lowest BCUT2D eigenvalue weighted by Crippen LogP contribution is -2.57. The molecule has 32 heavy (non-hydrogen) atoms. The highest BCUT2D eigenvalue weighted by Gasteiger charge is 2.31. The van der Waals surface area contributed by atoms with Crippen LogP contribution in [0.4, 0.5) is 0 Å². The summed E-state index contributed by atoms with van der Waals surface area (Å²) in [4.78, 5) is 25.4. The molecule has 0 aromatic heterocycles. The van der Waals surface area contributed by atoms with Gasteiger partial charge in [0.15, 0.2) is 0 Å². The third-order valence-electron chi connectivity index (χ3n) is 4.52. The van der Waals surface area contributed by atoms with E-state index in [0.717, 1.165) is 5.56 Å². The van der Waals surface area contributed by atoms with Crippen LogP contribution in [0.1, 0.15) is 37.8 Å². The van der Waals surface area contributed by atoms with E-state index in [1.165, 1.54) is 18.7 Å². The van der Waals surface area contributed by atoms with Gasteiger partial charge in [-0.1, -0.05) is 31.2 Å². The second-order valence-electron chi connectivity index (χ2n) is 7.33. The van der Waals surface area contributed by atoms with E-state index in [4.69, 9.17) is 11.1 Å². The number of aliphatic hydroxyl groups is 1. The number of amidine groups is 1. The van der Waals surface area contributed by atoms with Gasteiger partial charge in [0.25, 0.3) is 0 Å². The van der Waals surface area contributed by atoms with Gasteiger partial charge in [-0.25, -0.2) is 13.1 Å². The number of hydrogen-bond acceptors (Lipinski definition) is 7. The second kappa shape index (κ2) is 13.4. The molecular formula is C20H33N5O5S2. The molecule has 3 atom stereocenters. The fourth-order valence-corrected chi connectivity index (χ4v) is 4.59. The van der Waals surface area contributed by atoms with Crippen molar-refractivity contribution in [3.63, 3.8) is 0 Å². The average molecular weight is 488 g/mol. The number of thioether (sulfide) groups is 1. The third kappa shape index (κ3) is 9.55. The van der Waals surface area contributed by atoms with Gasteiger partial charge in [-0.15, -0.1) is 0 Å². The Labute approximate surface area is 193 Å². The van der Waals surface area contributed by atoms with E-state index >= 15 is 0 Å². The van der Waals surface area contributed by atoms with Crippen LogP contribution in [-0.4, -0.2) is 67.1 Å². The summed E-state index contributed by atoms with van der Waals surface area (Å²) < 4.78 is 26.3. The van der Waals surface area contributed by atoms with Crippen molar-refractivity contribution in [2.75, 3.05) is 17.8 Å². The van der Waals surface area contributed by atoms with Crippen molar-refractivity contribution >= 4 is 39.4 Å². The van der Waals surface area contributed by atoms with E-state index in [9.17, 15) is 23.1 Å². The highest BCUT2D eigenvalue weighted by atomic mass is 32.2. The smallest absolute Gasteiger partial charge is 0.242 e. The molecule has 0 fully saturated rings. The molecular weight excluding hydrogens is 454 g/mol. The van der Waals surface area contributed by atoms with Crippen LogP contribution in [0.2, 0.25) is 0 Å². The number of rotatable bonds is 14. The van der Waals surface area contributed by atoms with Gasteiger partial charge in [-0.3, -0.25) is 15.0 Å². The minimum atomic E-state index is -3.75. The number of carbonyl (C=O) groups is 2. The van der Waals surface area contributed by atoms with Crippen molar-refractivity contribution in [3.8, 4) is 0 Å². The third-order valence-corrected chi connectivity index (χ3v) is 6.72. The first-order valence-corrected chi connectivity index (χ1v) is 13.2. The molecule has 180 valence electrons. The number of sulfonamides is 1.